The molecule has 0 spiro atoms. The minimum atomic E-state index is -0.0988. The second kappa shape index (κ2) is 6.70. The molecule has 1 heterocycles. The zero-order valence-electron chi connectivity index (χ0n) is 11.0. The lowest BCUT2D eigenvalue weighted by Crippen LogP contribution is -2.24. The second-order valence-corrected chi connectivity index (χ2v) is 4.26. The van der Waals surface area contributed by atoms with Crippen LogP contribution in [0.1, 0.15) is 5.56 Å². The van der Waals surface area contributed by atoms with E-state index in [1.165, 1.54) is 4.68 Å². The van der Waals surface area contributed by atoms with Crippen molar-refractivity contribution in [1.82, 2.24) is 15.1 Å². The highest BCUT2D eigenvalue weighted by Crippen LogP contribution is 2.02. The van der Waals surface area contributed by atoms with Crippen LogP contribution < -0.4 is 16.2 Å². The van der Waals surface area contributed by atoms with E-state index in [2.05, 4.69) is 15.7 Å². The average Bonchev–Trinajstić information content (AvgIpc) is 2.43. The third-order valence-electron chi connectivity index (χ3n) is 2.75. The monoisotopic (exact) mass is 258 g/mol. The van der Waals surface area contributed by atoms with E-state index in [1.807, 2.05) is 37.4 Å². The molecule has 0 saturated heterocycles. The highest BCUT2D eigenvalue weighted by molar-refractivity contribution is 5.38. The van der Waals surface area contributed by atoms with E-state index in [9.17, 15) is 4.79 Å². The standard InChI is InChI=1S/C14H18N4O/c1-15-7-8-16-13-9-14(19)18(17-10-13)11-12-5-3-2-4-6-12/h2-6,9-10,15-16H,7-8,11H2,1H3. The van der Waals surface area contributed by atoms with Crippen LogP contribution in [-0.4, -0.2) is 29.9 Å². The zero-order valence-corrected chi connectivity index (χ0v) is 11.0. The van der Waals surface area contributed by atoms with Gasteiger partial charge in [0, 0.05) is 19.2 Å². The molecule has 2 rings (SSSR count). The van der Waals surface area contributed by atoms with Crippen LogP contribution in [0.4, 0.5) is 5.69 Å². The fraction of sp³-hybridized carbons (Fsp3) is 0.286. The molecule has 0 aliphatic carbocycles. The lowest BCUT2D eigenvalue weighted by Gasteiger charge is -2.08. The fourth-order valence-corrected chi connectivity index (χ4v) is 1.74. The number of nitrogens with one attached hydrogen (secondary N) is 2. The highest BCUT2D eigenvalue weighted by atomic mass is 16.1. The summed E-state index contributed by atoms with van der Waals surface area (Å²) in [7, 11) is 1.89. The van der Waals surface area contributed by atoms with E-state index in [1.54, 1.807) is 12.3 Å². The number of rotatable bonds is 6. The number of anilines is 1. The molecule has 0 unspecified atom stereocenters. The molecule has 0 aliphatic heterocycles. The number of hydrogen-bond donors (Lipinski definition) is 2. The molecule has 0 saturated carbocycles. The zero-order chi connectivity index (χ0) is 13.5. The molecule has 19 heavy (non-hydrogen) atoms. The Morgan fingerprint density at radius 1 is 1.21 bits per heavy atom. The Morgan fingerprint density at radius 2 is 2.00 bits per heavy atom. The van der Waals surface area contributed by atoms with E-state index < -0.39 is 0 Å². The summed E-state index contributed by atoms with van der Waals surface area (Å²) in [5.74, 6) is 0. The number of hydrogen-bond acceptors (Lipinski definition) is 4. The van der Waals surface area contributed by atoms with Crippen molar-refractivity contribution in [3.8, 4) is 0 Å². The average molecular weight is 258 g/mol. The molecule has 1 aromatic carbocycles. The van der Waals surface area contributed by atoms with Crippen molar-refractivity contribution in [1.29, 1.82) is 0 Å². The van der Waals surface area contributed by atoms with Gasteiger partial charge < -0.3 is 10.6 Å². The van der Waals surface area contributed by atoms with Crippen LogP contribution in [0.3, 0.4) is 0 Å². The van der Waals surface area contributed by atoms with Gasteiger partial charge >= 0.3 is 0 Å². The molecule has 0 bridgehead atoms. The molecule has 0 atom stereocenters. The maximum absolute atomic E-state index is 11.9. The van der Waals surface area contributed by atoms with Crippen LogP contribution in [0.5, 0.6) is 0 Å². The van der Waals surface area contributed by atoms with E-state index in [-0.39, 0.29) is 5.56 Å². The predicted molar refractivity (Wildman–Crippen MR) is 76.5 cm³/mol. The van der Waals surface area contributed by atoms with Gasteiger partial charge in [0.1, 0.15) is 0 Å². The molecule has 5 heteroatoms. The van der Waals surface area contributed by atoms with Gasteiger partial charge in [0.2, 0.25) is 0 Å². The van der Waals surface area contributed by atoms with Crippen molar-refractivity contribution in [2.24, 2.45) is 0 Å². The normalized spacial score (nSPS) is 10.4. The van der Waals surface area contributed by atoms with Crippen molar-refractivity contribution in [3.63, 3.8) is 0 Å². The van der Waals surface area contributed by atoms with Crippen molar-refractivity contribution in [2.75, 3.05) is 25.5 Å². The van der Waals surface area contributed by atoms with Gasteiger partial charge in [-0.15, -0.1) is 0 Å². The van der Waals surface area contributed by atoms with Crippen molar-refractivity contribution in [2.45, 2.75) is 6.54 Å². The first kappa shape index (κ1) is 13.3. The minimum absolute atomic E-state index is 0.0988. The SMILES string of the molecule is CNCCNc1cnn(Cc2ccccc2)c(=O)c1. The van der Waals surface area contributed by atoms with Crippen LogP contribution in [0.25, 0.3) is 0 Å². The maximum Gasteiger partial charge on any atom is 0.269 e. The van der Waals surface area contributed by atoms with Gasteiger partial charge in [-0.25, -0.2) is 4.68 Å². The Balaban J connectivity index is 2.05. The van der Waals surface area contributed by atoms with Crippen LogP contribution in [0.15, 0.2) is 47.4 Å². The molecule has 0 aliphatic rings. The molecule has 2 N–H and O–H groups in total. The van der Waals surface area contributed by atoms with Gasteiger partial charge in [-0.2, -0.15) is 5.10 Å². The summed E-state index contributed by atoms with van der Waals surface area (Å²) in [5, 5.41) is 10.3. The van der Waals surface area contributed by atoms with E-state index in [4.69, 9.17) is 0 Å². The summed E-state index contributed by atoms with van der Waals surface area (Å²) >= 11 is 0. The molecule has 0 amide bonds. The topological polar surface area (TPSA) is 59.0 Å². The molecular formula is C14H18N4O. The quantitative estimate of drug-likeness (QED) is 0.757. The van der Waals surface area contributed by atoms with Gasteiger partial charge in [0.05, 0.1) is 18.4 Å². The first-order valence-corrected chi connectivity index (χ1v) is 6.29. The van der Waals surface area contributed by atoms with Crippen LogP contribution in [0.2, 0.25) is 0 Å². The summed E-state index contributed by atoms with van der Waals surface area (Å²) in [6.45, 7) is 2.10. The van der Waals surface area contributed by atoms with Gasteiger partial charge in [0.25, 0.3) is 5.56 Å². The number of nitrogens with zero attached hydrogens (tertiary/aromatic N) is 2. The van der Waals surface area contributed by atoms with Gasteiger partial charge in [-0.05, 0) is 12.6 Å². The Bertz CT molecular complexity index is 565. The van der Waals surface area contributed by atoms with Crippen LogP contribution in [0, 0.1) is 0 Å². The third-order valence-corrected chi connectivity index (χ3v) is 2.75. The maximum atomic E-state index is 11.9. The number of likely N-dealkylation sites (N-methyl/N-ethyl adjacent to an activating group) is 1. The molecule has 0 radical (unpaired) electrons. The molecule has 1 aromatic heterocycles. The van der Waals surface area contributed by atoms with Crippen molar-refractivity contribution >= 4 is 5.69 Å². The number of aromatic nitrogens is 2. The largest absolute Gasteiger partial charge is 0.382 e. The van der Waals surface area contributed by atoms with Crippen LogP contribution in [-0.2, 0) is 6.54 Å². The van der Waals surface area contributed by atoms with Crippen LogP contribution >= 0.6 is 0 Å². The van der Waals surface area contributed by atoms with Gasteiger partial charge in [-0.1, -0.05) is 30.3 Å². The second-order valence-electron chi connectivity index (χ2n) is 4.26. The lowest BCUT2D eigenvalue weighted by molar-refractivity contribution is 0.639. The molecule has 0 fully saturated rings. The van der Waals surface area contributed by atoms with Gasteiger partial charge in [0.15, 0.2) is 0 Å². The first-order chi connectivity index (χ1) is 9.29. The summed E-state index contributed by atoms with van der Waals surface area (Å²) in [6, 6.07) is 11.4. The molecule has 2 aromatic rings. The number of benzene rings is 1. The Morgan fingerprint density at radius 3 is 2.68 bits per heavy atom. The summed E-state index contributed by atoms with van der Waals surface area (Å²) < 4.78 is 1.46. The summed E-state index contributed by atoms with van der Waals surface area (Å²) in [4.78, 5) is 11.9. The van der Waals surface area contributed by atoms with E-state index in [0.717, 1.165) is 24.3 Å². The summed E-state index contributed by atoms with van der Waals surface area (Å²) in [6.07, 6.45) is 1.68. The highest BCUT2D eigenvalue weighted by Gasteiger charge is 2.00. The predicted octanol–water partition coefficient (Wildman–Crippen LogP) is 0.923. The molecular weight excluding hydrogens is 240 g/mol. The molecule has 100 valence electrons. The Labute approximate surface area is 112 Å². The third kappa shape index (κ3) is 3.93. The minimum Gasteiger partial charge on any atom is -0.382 e. The van der Waals surface area contributed by atoms with Crippen molar-refractivity contribution in [3.05, 3.63) is 58.5 Å². The first-order valence-electron chi connectivity index (χ1n) is 6.29. The Kier molecular flexibility index (Phi) is 4.69. The van der Waals surface area contributed by atoms with E-state index >= 15 is 0 Å². The molecule has 5 nitrogen and oxygen atoms in total. The van der Waals surface area contributed by atoms with Gasteiger partial charge in [-0.3, -0.25) is 4.79 Å². The smallest absolute Gasteiger partial charge is 0.269 e. The Hall–Kier alpha value is -2.14. The fourth-order valence-electron chi connectivity index (χ4n) is 1.74. The van der Waals surface area contributed by atoms with E-state index in [0.29, 0.717) is 6.54 Å². The summed E-state index contributed by atoms with van der Waals surface area (Å²) in [5.41, 5.74) is 1.72. The lowest BCUT2D eigenvalue weighted by atomic mass is 10.2. The van der Waals surface area contributed by atoms with Crippen molar-refractivity contribution < 1.29 is 0 Å².